The molecule has 0 unspecified atom stereocenters. The number of rotatable bonds is 8. The normalized spacial score (nSPS) is 17.7. The number of nitrogens with one attached hydrogen (secondary N) is 2. The number of hydrogen-bond donors (Lipinski definition) is 2. The van der Waals surface area contributed by atoms with Gasteiger partial charge in [-0.25, -0.2) is 4.98 Å². The first-order valence-corrected chi connectivity index (χ1v) is 11.4. The van der Waals surface area contributed by atoms with Gasteiger partial charge in [0.05, 0.1) is 10.4 Å². The quantitative estimate of drug-likeness (QED) is 0.382. The standard InChI is InChI=1S/C25H29N5O4/c1-29(2)22-15-24(28-20-8-4-3-7-19(20)22)26-17-11-13-18(14-12-17)27-25(31)16-34-23-10-6-5-9-21(23)30(32)33/h3-10,15,17-18H,11-14,16H2,1-2H3,(H,26,28)(H,27,31)/t17-,18+. The molecule has 1 heterocycles. The smallest absolute Gasteiger partial charge is 0.310 e. The molecule has 34 heavy (non-hydrogen) atoms. The second-order valence-corrected chi connectivity index (χ2v) is 8.71. The van der Waals surface area contributed by atoms with Gasteiger partial charge in [-0.05, 0) is 37.8 Å². The predicted octanol–water partition coefficient (Wildman–Crippen LogP) is 4.13. The summed E-state index contributed by atoms with van der Waals surface area (Å²) in [4.78, 5) is 29.8. The third-order valence-electron chi connectivity index (χ3n) is 6.04. The summed E-state index contributed by atoms with van der Waals surface area (Å²) < 4.78 is 5.39. The Labute approximate surface area is 198 Å². The highest BCUT2D eigenvalue weighted by Crippen LogP contribution is 2.29. The number of nitro benzene ring substituents is 1. The number of hydrogen-bond acceptors (Lipinski definition) is 7. The van der Waals surface area contributed by atoms with Gasteiger partial charge in [0.2, 0.25) is 0 Å². The molecule has 2 aromatic carbocycles. The molecule has 0 saturated heterocycles. The van der Waals surface area contributed by atoms with Crippen LogP contribution < -0.4 is 20.3 Å². The van der Waals surface area contributed by atoms with Gasteiger partial charge in [-0.1, -0.05) is 30.3 Å². The summed E-state index contributed by atoms with van der Waals surface area (Å²) in [5.41, 5.74) is 1.92. The van der Waals surface area contributed by atoms with Gasteiger partial charge in [-0.2, -0.15) is 0 Å². The molecule has 1 amide bonds. The van der Waals surface area contributed by atoms with Crippen molar-refractivity contribution in [3.05, 3.63) is 64.7 Å². The molecule has 1 saturated carbocycles. The van der Waals surface area contributed by atoms with E-state index in [1.807, 2.05) is 32.3 Å². The molecule has 1 aromatic heterocycles. The lowest BCUT2D eigenvalue weighted by Crippen LogP contribution is -2.42. The van der Waals surface area contributed by atoms with Crippen LogP contribution in [0.15, 0.2) is 54.6 Å². The highest BCUT2D eigenvalue weighted by Gasteiger charge is 2.23. The minimum absolute atomic E-state index is 0.0572. The largest absolute Gasteiger partial charge is 0.477 e. The van der Waals surface area contributed by atoms with Gasteiger partial charge in [0, 0.05) is 49.4 Å². The number of para-hydroxylation sites is 3. The molecule has 2 N–H and O–H groups in total. The van der Waals surface area contributed by atoms with E-state index in [0.29, 0.717) is 0 Å². The summed E-state index contributed by atoms with van der Waals surface area (Å²) in [5, 5.41) is 18.7. The maximum Gasteiger partial charge on any atom is 0.310 e. The number of nitrogens with zero attached hydrogens (tertiary/aromatic N) is 3. The fourth-order valence-corrected chi connectivity index (χ4v) is 4.33. The molecule has 4 rings (SSSR count). The molecule has 1 fully saturated rings. The minimum atomic E-state index is -0.520. The molecule has 0 spiro atoms. The number of carbonyl (C=O) groups excluding carboxylic acids is 1. The summed E-state index contributed by atoms with van der Waals surface area (Å²) in [6, 6.07) is 16.6. The average molecular weight is 464 g/mol. The number of aromatic nitrogens is 1. The van der Waals surface area contributed by atoms with E-state index < -0.39 is 4.92 Å². The van der Waals surface area contributed by atoms with Crippen LogP contribution >= 0.6 is 0 Å². The Morgan fingerprint density at radius 3 is 2.50 bits per heavy atom. The van der Waals surface area contributed by atoms with Crippen LogP contribution in [0.5, 0.6) is 5.75 Å². The van der Waals surface area contributed by atoms with Crippen LogP contribution in [0.4, 0.5) is 17.2 Å². The SMILES string of the molecule is CN(C)c1cc(N[C@H]2CC[C@@H](NC(=O)COc3ccccc3[N+](=O)[O-])CC2)nc2ccccc12. The fraction of sp³-hybridized carbons (Fsp3) is 0.360. The van der Waals surface area contributed by atoms with Crippen LogP contribution in [-0.2, 0) is 4.79 Å². The molecule has 3 aromatic rings. The number of anilines is 2. The molecule has 1 aliphatic rings. The van der Waals surface area contributed by atoms with Crippen LogP contribution in [0, 0.1) is 10.1 Å². The number of benzene rings is 2. The van der Waals surface area contributed by atoms with Gasteiger partial charge in [0.25, 0.3) is 5.91 Å². The Hall–Kier alpha value is -3.88. The number of carbonyl (C=O) groups is 1. The van der Waals surface area contributed by atoms with E-state index in [9.17, 15) is 14.9 Å². The Balaban J connectivity index is 1.28. The molecule has 9 nitrogen and oxygen atoms in total. The molecular formula is C25H29N5O4. The second kappa shape index (κ2) is 10.4. The van der Waals surface area contributed by atoms with E-state index in [0.717, 1.165) is 48.1 Å². The van der Waals surface area contributed by atoms with Crippen molar-refractivity contribution in [2.24, 2.45) is 0 Å². The van der Waals surface area contributed by atoms with E-state index in [1.165, 1.54) is 12.1 Å². The first-order valence-electron chi connectivity index (χ1n) is 11.4. The average Bonchev–Trinajstić information content (AvgIpc) is 2.83. The summed E-state index contributed by atoms with van der Waals surface area (Å²) >= 11 is 0. The van der Waals surface area contributed by atoms with Crippen molar-refractivity contribution in [3.8, 4) is 5.75 Å². The highest BCUT2D eigenvalue weighted by atomic mass is 16.6. The maximum atomic E-state index is 12.3. The van der Waals surface area contributed by atoms with Crippen LogP contribution in [0.1, 0.15) is 25.7 Å². The molecule has 0 radical (unpaired) electrons. The van der Waals surface area contributed by atoms with Crippen LogP contribution in [0.25, 0.3) is 10.9 Å². The molecular weight excluding hydrogens is 434 g/mol. The van der Waals surface area contributed by atoms with Crippen molar-refractivity contribution in [1.82, 2.24) is 10.3 Å². The third-order valence-corrected chi connectivity index (χ3v) is 6.04. The van der Waals surface area contributed by atoms with Gasteiger partial charge in [-0.15, -0.1) is 0 Å². The van der Waals surface area contributed by atoms with E-state index in [-0.39, 0.29) is 36.0 Å². The van der Waals surface area contributed by atoms with Crippen molar-refractivity contribution >= 4 is 34.0 Å². The first-order chi connectivity index (χ1) is 16.4. The zero-order valence-electron chi connectivity index (χ0n) is 19.4. The molecule has 0 bridgehead atoms. The number of fused-ring (bicyclic) bond motifs is 1. The van der Waals surface area contributed by atoms with E-state index >= 15 is 0 Å². The monoisotopic (exact) mass is 463 g/mol. The highest BCUT2D eigenvalue weighted by molar-refractivity contribution is 5.93. The molecule has 1 aliphatic carbocycles. The van der Waals surface area contributed by atoms with Crippen LogP contribution in [-0.4, -0.2) is 48.6 Å². The lowest BCUT2D eigenvalue weighted by Gasteiger charge is -2.30. The summed E-state index contributed by atoms with van der Waals surface area (Å²) in [5.74, 6) is 0.671. The Kier molecular flexibility index (Phi) is 7.10. The molecule has 9 heteroatoms. The Morgan fingerprint density at radius 2 is 1.76 bits per heavy atom. The summed E-state index contributed by atoms with van der Waals surface area (Å²) in [7, 11) is 4.05. The third kappa shape index (κ3) is 5.54. The van der Waals surface area contributed by atoms with Gasteiger partial charge in [0.15, 0.2) is 12.4 Å². The number of pyridine rings is 1. The van der Waals surface area contributed by atoms with E-state index in [4.69, 9.17) is 9.72 Å². The second-order valence-electron chi connectivity index (χ2n) is 8.71. The summed E-state index contributed by atoms with van der Waals surface area (Å²) in [6.45, 7) is -0.253. The van der Waals surface area contributed by atoms with Crippen molar-refractivity contribution in [3.63, 3.8) is 0 Å². The van der Waals surface area contributed by atoms with Crippen molar-refractivity contribution in [2.45, 2.75) is 37.8 Å². The maximum absolute atomic E-state index is 12.3. The molecule has 178 valence electrons. The van der Waals surface area contributed by atoms with Crippen molar-refractivity contribution in [2.75, 3.05) is 30.9 Å². The van der Waals surface area contributed by atoms with E-state index in [2.05, 4.69) is 27.7 Å². The molecule has 0 aliphatic heterocycles. The topological polar surface area (TPSA) is 110 Å². The van der Waals surface area contributed by atoms with Crippen molar-refractivity contribution < 1.29 is 14.5 Å². The molecule has 0 atom stereocenters. The van der Waals surface area contributed by atoms with Gasteiger partial charge >= 0.3 is 5.69 Å². The lowest BCUT2D eigenvalue weighted by molar-refractivity contribution is -0.385. The Bertz CT molecular complexity index is 1170. The number of nitro groups is 1. The Morgan fingerprint density at radius 1 is 1.09 bits per heavy atom. The minimum Gasteiger partial charge on any atom is -0.477 e. The fourth-order valence-electron chi connectivity index (χ4n) is 4.33. The zero-order chi connectivity index (χ0) is 24.1. The lowest BCUT2D eigenvalue weighted by atomic mass is 9.91. The zero-order valence-corrected chi connectivity index (χ0v) is 19.4. The van der Waals surface area contributed by atoms with Gasteiger partial charge < -0.3 is 20.3 Å². The van der Waals surface area contributed by atoms with E-state index in [1.54, 1.807) is 12.1 Å². The first kappa shape index (κ1) is 23.3. The summed E-state index contributed by atoms with van der Waals surface area (Å²) in [6.07, 6.45) is 3.48. The number of amides is 1. The number of ether oxygens (including phenoxy) is 1. The van der Waals surface area contributed by atoms with Gasteiger partial charge in [-0.3, -0.25) is 14.9 Å². The van der Waals surface area contributed by atoms with Gasteiger partial charge in [0.1, 0.15) is 5.82 Å². The van der Waals surface area contributed by atoms with Crippen LogP contribution in [0.2, 0.25) is 0 Å². The van der Waals surface area contributed by atoms with Crippen molar-refractivity contribution in [1.29, 1.82) is 0 Å². The predicted molar refractivity (Wildman–Crippen MR) is 132 cm³/mol. The van der Waals surface area contributed by atoms with Crippen LogP contribution in [0.3, 0.4) is 0 Å².